The van der Waals surface area contributed by atoms with Crippen molar-refractivity contribution in [3.05, 3.63) is 54.2 Å². The quantitative estimate of drug-likeness (QED) is 0.847. The lowest BCUT2D eigenvalue weighted by atomic mass is 10.2. The van der Waals surface area contributed by atoms with Crippen LogP contribution in [0.4, 0.5) is 23.7 Å². The fourth-order valence-corrected chi connectivity index (χ4v) is 2.93. The first-order chi connectivity index (χ1) is 13.4. The van der Waals surface area contributed by atoms with Gasteiger partial charge in [0.1, 0.15) is 0 Å². The van der Waals surface area contributed by atoms with Gasteiger partial charge in [-0.15, -0.1) is 0 Å². The van der Waals surface area contributed by atoms with Gasteiger partial charge in [-0.3, -0.25) is 0 Å². The number of anilines is 1. The second-order valence-electron chi connectivity index (χ2n) is 6.34. The van der Waals surface area contributed by atoms with Gasteiger partial charge in [0.15, 0.2) is 6.61 Å². The number of rotatable bonds is 5. The van der Waals surface area contributed by atoms with Gasteiger partial charge in [0.2, 0.25) is 5.88 Å². The zero-order chi connectivity index (χ0) is 20.0. The van der Waals surface area contributed by atoms with Crippen LogP contribution in [0.2, 0.25) is 0 Å². The van der Waals surface area contributed by atoms with E-state index in [0.717, 1.165) is 5.69 Å². The maximum absolute atomic E-state index is 12.4. The van der Waals surface area contributed by atoms with Gasteiger partial charge in [-0.25, -0.2) is 9.78 Å². The van der Waals surface area contributed by atoms with Gasteiger partial charge in [-0.1, -0.05) is 24.3 Å². The number of alkyl halides is 3. The van der Waals surface area contributed by atoms with Crippen molar-refractivity contribution in [2.24, 2.45) is 0 Å². The van der Waals surface area contributed by atoms with Gasteiger partial charge in [0.05, 0.1) is 0 Å². The summed E-state index contributed by atoms with van der Waals surface area (Å²) < 4.78 is 41.8. The lowest BCUT2D eigenvalue weighted by molar-refractivity contribution is -0.154. The zero-order valence-corrected chi connectivity index (χ0v) is 15.2. The summed E-state index contributed by atoms with van der Waals surface area (Å²) in [5.74, 6) is -0.131. The first-order valence-corrected chi connectivity index (χ1v) is 8.88. The third-order valence-corrected chi connectivity index (χ3v) is 4.34. The lowest BCUT2D eigenvalue weighted by Crippen LogP contribution is -2.51. The molecular weight excluding hydrogens is 373 g/mol. The Morgan fingerprint density at radius 3 is 2.46 bits per heavy atom. The smallest absolute Gasteiger partial charge is 0.422 e. The summed E-state index contributed by atoms with van der Waals surface area (Å²) in [7, 11) is 0. The van der Waals surface area contributed by atoms with Crippen molar-refractivity contribution in [3.8, 4) is 5.88 Å². The largest absolute Gasteiger partial charge is 0.468 e. The summed E-state index contributed by atoms with van der Waals surface area (Å²) in [5.41, 5.74) is 1.51. The molecule has 0 spiro atoms. The minimum absolute atomic E-state index is 0.0404. The molecule has 0 atom stereocenters. The van der Waals surface area contributed by atoms with Crippen molar-refractivity contribution in [3.63, 3.8) is 0 Å². The summed E-state index contributed by atoms with van der Waals surface area (Å²) in [6.07, 6.45) is -3.10. The molecule has 1 aliphatic heterocycles. The first-order valence-electron chi connectivity index (χ1n) is 8.88. The molecule has 2 heterocycles. The van der Waals surface area contributed by atoms with Crippen LogP contribution in [0.5, 0.6) is 5.88 Å². The SMILES string of the molecule is O=C(NCc1cccnc1OCC(F)(F)F)N1CCN(c2ccccc2)CC1. The van der Waals surface area contributed by atoms with Crippen LogP contribution >= 0.6 is 0 Å². The topological polar surface area (TPSA) is 57.7 Å². The highest BCUT2D eigenvalue weighted by Gasteiger charge is 2.29. The third kappa shape index (κ3) is 5.51. The molecule has 0 radical (unpaired) electrons. The number of hydrogen-bond acceptors (Lipinski definition) is 4. The van der Waals surface area contributed by atoms with E-state index >= 15 is 0 Å². The molecule has 150 valence electrons. The van der Waals surface area contributed by atoms with Crippen molar-refractivity contribution in [1.82, 2.24) is 15.2 Å². The van der Waals surface area contributed by atoms with Crippen molar-refractivity contribution in [2.75, 3.05) is 37.7 Å². The van der Waals surface area contributed by atoms with Crippen LogP contribution in [0.3, 0.4) is 0 Å². The van der Waals surface area contributed by atoms with Crippen LogP contribution < -0.4 is 15.0 Å². The molecule has 2 amide bonds. The number of nitrogens with zero attached hydrogens (tertiary/aromatic N) is 3. The molecule has 6 nitrogen and oxygen atoms in total. The summed E-state index contributed by atoms with van der Waals surface area (Å²) in [6.45, 7) is 1.16. The number of benzene rings is 1. The number of para-hydroxylation sites is 1. The van der Waals surface area contributed by atoms with E-state index in [4.69, 9.17) is 4.74 Å². The molecule has 28 heavy (non-hydrogen) atoms. The molecule has 1 aromatic carbocycles. The van der Waals surface area contributed by atoms with E-state index in [9.17, 15) is 18.0 Å². The van der Waals surface area contributed by atoms with E-state index in [1.807, 2.05) is 30.3 Å². The molecule has 1 N–H and O–H groups in total. The molecule has 1 fully saturated rings. The molecule has 1 saturated heterocycles. The predicted octanol–water partition coefficient (Wildman–Crippen LogP) is 3.05. The molecule has 0 saturated carbocycles. The summed E-state index contributed by atoms with van der Waals surface area (Å²) in [5, 5.41) is 2.73. The maximum atomic E-state index is 12.4. The average molecular weight is 394 g/mol. The Bertz CT molecular complexity index is 778. The number of piperazine rings is 1. The Labute approximate surface area is 160 Å². The summed E-state index contributed by atoms with van der Waals surface area (Å²) in [4.78, 5) is 20.1. The summed E-state index contributed by atoms with van der Waals surface area (Å²) >= 11 is 0. The molecule has 0 bridgehead atoms. The van der Waals surface area contributed by atoms with Crippen molar-refractivity contribution >= 4 is 11.7 Å². The Morgan fingerprint density at radius 1 is 1.07 bits per heavy atom. The number of urea groups is 1. The Hall–Kier alpha value is -2.97. The van der Waals surface area contributed by atoms with Crippen molar-refractivity contribution < 1.29 is 22.7 Å². The van der Waals surface area contributed by atoms with Gasteiger partial charge in [0.25, 0.3) is 0 Å². The Kier molecular flexibility index (Phi) is 6.23. The number of ether oxygens (including phenoxy) is 1. The fraction of sp³-hybridized carbons (Fsp3) is 0.368. The first kappa shape index (κ1) is 19.8. The van der Waals surface area contributed by atoms with Crippen molar-refractivity contribution in [1.29, 1.82) is 0 Å². The third-order valence-electron chi connectivity index (χ3n) is 4.34. The highest BCUT2D eigenvalue weighted by atomic mass is 19.4. The standard InChI is InChI=1S/C19H21F3N4O2/c20-19(21,22)14-28-17-15(5-4-8-23-17)13-24-18(27)26-11-9-25(10-12-26)16-6-2-1-3-7-16/h1-8H,9-14H2,(H,24,27). The number of halogens is 3. The average Bonchev–Trinajstić information content (AvgIpc) is 2.71. The van der Waals surface area contributed by atoms with Crippen LogP contribution in [0, 0.1) is 0 Å². The Morgan fingerprint density at radius 2 is 1.79 bits per heavy atom. The second kappa shape index (κ2) is 8.81. The molecule has 0 unspecified atom stereocenters. The summed E-state index contributed by atoms with van der Waals surface area (Å²) in [6, 6.07) is 12.9. The molecule has 9 heteroatoms. The number of carbonyl (C=O) groups excluding carboxylic acids is 1. The lowest BCUT2D eigenvalue weighted by Gasteiger charge is -2.36. The van der Waals surface area contributed by atoms with Crippen LogP contribution in [-0.2, 0) is 6.54 Å². The van der Waals surface area contributed by atoms with Gasteiger partial charge >= 0.3 is 12.2 Å². The van der Waals surface area contributed by atoms with Gasteiger partial charge < -0.3 is 19.9 Å². The predicted molar refractivity (Wildman–Crippen MR) is 98.3 cm³/mol. The number of pyridine rings is 1. The fourth-order valence-electron chi connectivity index (χ4n) is 2.93. The number of carbonyl (C=O) groups is 1. The van der Waals surface area contributed by atoms with Crippen molar-refractivity contribution in [2.45, 2.75) is 12.7 Å². The van der Waals surface area contributed by atoms with Crippen LogP contribution in [0.15, 0.2) is 48.7 Å². The monoisotopic (exact) mass is 394 g/mol. The van der Waals surface area contributed by atoms with Crippen LogP contribution in [0.25, 0.3) is 0 Å². The molecule has 2 aromatic rings. The zero-order valence-electron chi connectivity index (χ0n) is 15.2. The molecule has 1 aliphatic rings. The van der Waals surface area contributed by atoms with E-state index < -0.39 is 12.8 Å². The Balaban J connectivity index is 1.50. The van der Waals surface area contributed by atoms with E-state index in [-0.39, 0.29) is 18.5 Å². The van der Waals surface area contributed by atoms with E-state index in [1.165, 1.54) is 6.20 Å². The highest BCUT2D eigenvalue weighted by molar-refractivity contribution is 5.74. The molecule has 1 aromatic heterocycles. The van der Waals surface area contributed by atoms with Gasteiger partial charge in [0, 0.05) is 50.2 Å². The van der Waals surface area contributed by atoms with E-state index in [0.29, 0.717) is 31.7 Å². The normalized spacial score (nSPS) is 14.7. The van der Waals surface area contributed by atoms with Crippen LogP contribution in [0.1, 0.15) is 5.56 Å². The highest BCUT2D eigenvalue weighted by Crippen LogP contribution is 2.20. The minimum atomic E-state index is -4.45. The second-order valence-corrected chi connectivity index (χ2v) is 6.34. The molecule has 3 rings (SSSR count). The van der Waals surface area contributed by atoms with Gasteiger partial charge in [-0.05, 0) is 18.2 Å². The number of amides is 2. The van der Waals surface area contributed by atoms with Crippen LogP contribution in [-0.4, -0.2) is 54.9 Å². The number of nitrogens with one attached hydrogen (secondary N) is 1. The molecule has 0 aliphatic carbocycles. The number of hydrogen-bond donors (Lipinski definition) is 1. The number of aromatic nitrogens is 1. The van der Waals surface area contributed by atoms with E-state index in [1.54, 1.807) is 17.0 Å². The van der Waals surface area contributed by atoms with Gasteiger partial charge in [-0.2, -0.15) is 13.2 Å². The van der Waals surface area contributed by atoms with E-state index in [2.05, 4.69) is 15.2 Å². The minimum Gasteiger partial charge on any atom is -0.468 e. The maximum Gasteiger partial charge on any atom is 0.422 e. The molecular formula is C19H21F3N4O2.